The molecule has 0 unspecified atom stereocenters. The zero-order valence-corrected chi connectivity index (χ0v) is 5.40. The van der Waals surface area contributed by atoms with Crippen LogP contribution < -0.4 is 0 Å². The van der Waals surface area contributed by atoms with Gasteiger partial charge in [-0.05, 0) is 12.8 Å². The van der Waals surface area contributed by atoms with E-state index >= 15 is 0 Å². The second-order valence-electron chi connectivity index (χ2n) is 1.44. The molecule has 0 aromatic heterocycles. The van der Waals surface area contributed by atoms with Gasteiger partial charge in [-0.3, -0.25) is 0 Å². The Morgan fingerprint density at radius 1 is 1.60 bits per heavy atom. The fourth-order valence-electron chi connectivity index (χ4n) is 0.304. The second kappa shape index (κ2) is 1.30. The van der Waals surface area contributed by atoms with Gasteiger partial charge in [0.05, 0.1) is 0 Å². The van der Waals surface area contributed by atoms with Crippen molar-refractivity contribution in [3.8, 4) is 0 Å². The minimum atomic E-state index is 0.696. The maximum absolute atomic E-state index is 5.00. The lowest BCUT2D eigenvalue weighted by Crippen LogP contribution is -1.82. The Morgan fingerprint density at radius 3 is 2.20 bits per heavy atom. The van der Waals surface area contributed by atoms with E-state index in [0.717, 1.165) is 16.6 Å². The van der Waals surface area contributed by atoms with Gasteiger partial charge >= 0.3 is 16.6 Å². The summed E-state index contributed by atoms with van der Waals surface area (Å²) in [5.41, 5.74) is 0. The molecular weight excluding hydrogens is 79.0 g/mol. The quantitative estimate of drug-likeness (QED) is 0.398. The second-order valence-corrected chi connectivity index (χ2v) is 1.91. The van der Waals surface area contributed by atoms with Gasteiger partial charge < -0.3 is 3.79 Å². The number of rotatable bonds is 1. The molecule has 0 saturated heterocycles. The molecule has 5 heavy (non-hydrogen) atoms. The van der Waals surface area contributed by atoms with Gasteiger partial charge in [0.15, 0.2) is 0 Å². The van der Waals surface area contributed by atoms with E-state index in [1.165, 1.54) is 12.8 Å². The molecule has 1 nitrogen and oxygen atoms in total. The van der Waals surface area contributed by atoms with E-state index in [-0.39, 0.29) is 0 Å². The van der Waals surface area contributed by atoms with Crippen molar-refractivity contribution in [2.24, 2.45) is 0 Å². The Labute approximate surface area is 40.1 Å². The summed E-state index contributed by atoms with van der Waals surface area (Å²) in [7, 11) is 0. The van der Waals surface area contributed by atoms with Gasteiger partial charge in [-0.2, -0.15) is 0 Å². The third-order valence-corrected chi connectivity index (χ3v) is 1.52. The van der Waals surface area contributed by atoms with Gasteiger partial charge in [0.25, 0.3) is 0 Å². The smallest absolute Gasteiger partial charge is 0.410 e. The molecule has 1 saturated carbocycles. The van der Waals surface area contributed by atoms with Crippen LogP contribution in [0.5, 0.6) is 0 Å². The Balaban J connectivity index is 2.00. The van der Waals surface area contributed by atoms with Crippen LogP contribution in [-0.2, 0) is 3.79 Å². The molecular formula is C3H7AlO. The standard InChI is InChI=1S/C3H5O.Al.2H/c4-3-1-2-3;;;/h3H,1-2H2;;;/q-1;+1;;. The molecule has 1 fully saturated rings. The van der Waals surface area contributed by atoms with Crippen LogP contribution in [0.3, 0.4) is 0 Å². The van der Waals surface area contributed by atoms with Crippen LogP contribution in [0.1, 0.15) is 12.8 Å². The summed E-state index contributed by atoms with van der Waals surface area (Å²) in [5, 5.41) is 0. The normalized spacial score (nSPS) is 23.2. The van der Waals surface area contributed by atoms with Gasteiger partial charge in [-0.1, -0.05) is 0 Å². The molecule has 0 radical (unpaired) electrons. The maximum Gasteiger partial charge on any atom is 0.410 e. The molecule has 0 aromatic carbocycles. The van der Waals surface area contributed by atoms with Crippen molar-refractivity contribution < 1.29 is 3.79 Å². The predicted octanol–water partition coefficient (Wildman–Crippen LogP) is -0.287. The van der Waals surface area contributed by atoms with Crippen molar-refractivity contribution >= 4 is 16.6 Å². The zero-order valence-electron chi connectivity index (χ0n) is 3.40. The molecule has 0 aliphatic heterocycles. The molecule has 0 heterocycles. The van der Waals surface area contributed by atoms with Crippen LogP contribution in [0.4, 0.5) is 0 Å². The zero-order chi connectivity index (χ0) is 3.70. The van der Waals surface area contributed by atoms with Crippen LogP contribution in [0.2, 0.25) is 0 Å². The van der Waals surface area contributed by atoms with Crippen molar-refractivity contribution in [1.82, 2.24) is 0 Å². The van der Waals surface area contributed by atoms with Crippen molar-refractivity contribution in [2.75, 3.05) is 0 Å². The summed E-state index contributed by atoms with van der Waals surface area (Å²) in [6, 6.07) is 0. The monoisotopic (exact) mass is 86.0 g/mol. The lowest BCUT2D eigenvalue weighted by atomic mass is 10.9. The molecule has 0 spiro atoms. The number of hydrogen-bond donors (Lipinski definition) is 0. The fourth-order valence-corrected chi connectivity index (χ4v) is 0.775. The highest BCUT2D eigenvalue weighted by Gasteiger charge is 2.17. The van der Waals surface area contributed by atoms with E-state index < -0.39 is 0 Å². The first kappa shape index (κ1) is 3.67. The Morgan fingerprint density at radius 2 is 2.20 bits per heavy atom. The van der Waals surface area contributed by atoms with Crippen molar-refractivity contribution in [3.05, 3.63) is 0 Å². The van der Waals surface area contributed by atoms with Gasteiger partial charge in [0.1, 0.15) is 0 Å². The summed E-state index contributed by atoms with van der Waals surface area (Å²) < 4.78 is 5.00. The fraction of sp³-hybridized carbons (Fsp3) is 1.00. The van der Waals surface area contributed by atoms with E-state index in [1.807, 2.05) is 0 Å². The van der Waals surface area contributed by atoms with Crippen molar-refractivity contribution in [2.45, 2.75) is 18.9 Å². The lowest BCUT2D eigenvalue weighted by molar-refractivity contribution is 0.335. The van der Waals surface area contributed by atoms with E-state index in [9.17, 15) is 0 Å². The van der Waals surface area contributed by atoms with Crippen LogP contribution in [0.25, 0.3) is 0 Å². The molecule has 28 valence electrons. The third kappa shape index (κ3) is 0.925. The van der Waals surface area contributed by atoms with Crippen LogP contribution in [0, 0.1) is 0 Å². The summed E-state index contributed by atoms with van der Waals surface area (Å²) in [6.45, 7) is 0. The molecule has 0 atom stereocenters. The van der Waals surface area contributed by atoms with Gasteiger partial charge in [-0.15, -0.1) is 0 Å². The Hall–Kier alpha value is 0.492. The first-order chi connectivity index (χ1) is 2.43. The van der Waals surface area contributed by atoms with E-state index in [2.05, 4.69) is 0 Å². The summed E-state index contributed by atoms with van der Waals surface area (Å²) in [6.07, 6.45) is 3.34. The summed E-state index contributed by atoms with van der Waals surface area (Å²) in [5.74, 6) is 0. The highest BCUT2D eigenvalue weighted by molar-refractivity contribution is 5.98. The predicted molar refractivity (Wildman–Crippen MR) is 22.7 cm³/mol. The lowest BCUT2D eigenvalue weighted by Gasteiger charge is -1.83. The first-order valence-electron chi connectivity index (χ1n) is 1.96. The average molecular weight is 86.1 g/mol. The van der Waals surface area contributed by atoms with Gasteiger partial charge in [-0.25, -0.2) is 0 Å². The van der Waals surface area contributed by atoms with Gasteiger partial charge in [0.2, 0.25) is 0 Å². The molecule has 1 rings (SSSR count). The molecule has 0 bridgehead atoms. The molecule has 0 N–H and O–H groups in total. The molecule has 0 aromatic rings. The van der Waals surface area contributed by atoms with E-state index in [1.54, 1.807) is 0 Å². The van der Waals surface area contributed by atoms with Crippen LogP contribution >= 0.6 is 0 Å². The summed E-state index contributed by atoms with van der Waals surface area (Å²) >= 11 is 0.936. The van der Waals surface area contributed by atoms with Crippen molar-refractivity contribution in [1.29, 1.82) is 0 Å². The Kier molecular flexibility index (Phi) is 0.955. The Bertz CT molecular complexity index is 33.9. The topological polar surface area (TPSA) is 9.23 Å². The van der Waals surface area contributed by atoms with Crippen molar-refractivity contribution in [3.63, 3.8) is 0 Å². The number of hydrogen-bond acceptors (Lipinski definition) is 1. The minimum absolute atomic E-state index is 0.696. The molecule has 1 aliphatic carbocycles. The average Bonchev–Trinajstić information content (AvgIpc) is 2.12. The van der Waals surface area contributed by atoms with Crippen LogP contribution in [0.15, 0.2) is 0 Å². The third-order valence-electron chi connectivity index (χ3n) is 0.858. The largest absolute Gasteiger partial charge is 0.504 e. The highest BCUT2D eigenvalue weighted by Crippen LogP contribution is 2.21. The molecule has 0 amide bonds. The first-order valence-corrected chi connectivity index (χ1v) is 2.78. The SMILES string of the molecule is [AlH2][O]C1CC1. The maximum atomic E-state index is 5.00. The van der Waals surface area contributed by atoms with E-state index in [4.69, 9.17) is 3.79 Å². The molecule has 2 heteroatoms. The van der Waals surface area contributed by atoms with E-state index in [0.29, 0.717) is 6.10 Å². The highest BCUT2D eigenvalue weighted by atomic mass is 27.1. The summed E-state index contributed by atoms with van der Waals surface area (Å²) in [4.78, 5) is 0. The van der Waals surface area contributed by atoms with Gasteiger partial charge in [0, 0.05) is 6.10 Å². The minimum Gasteiger partial charge on any atom is -0.504 e. The molecule has 1 aliphatic rings. The van der Waals surface area contributed by atoms with Crippen LogP contribution in [-0.4, -0.2) is 22.7 Å².